The number of likely N-dealkylation sites (tertiary alicyclic amines) is 1. The maximum absolute atomic E-state index is 13.0. The van der Waals surface area contributed by atoms with Crippen molar-refractivity contribution >= 4 is 23.5 Å². The molecule has 27 heavy (non-hydrogen) atoms. The molecule has 0 unspecified atom stereocenters. The first-order valence-corrected chi connectivity index (χ1v) is 10.0. The number of aliphatic imine (C=N–C) groups is 1. The molecule has 0 radical (unpaired) electrons. The van der Waals surface area contributed by atoms with E-state index in [1.54, 1.807) is 4.90 Å². The molecule has 2 aliphatic heterocycles. The van der Waals surface area contributed by atoms with Gasteiger partial charge in [0.25, 0.3) is 5.91 Å². The van der Waals surface area contributed by atoms with Crippen LogP contribution in [0, 0.1) is 11.8 Å². The highest BCUT2D eigenvalue weighted by Crippen LogP contribution is 2.50. The summed E-state index contributed by atoms with van der Waals surface area (Å²) in [4.78, 5) is 34.3. The highest BCUT2D eigenvalue weighted by atomic mass is 16.2. The maximum Gasteiger partial charge on any atom is 0.321 e. The van der Waals surface area contributed by atoms with Crippen LogP contribution >= 0.6 is 0 Å². The van der Waals surface area contributed by atoms with Crippen LogP contribution in [0.25, 0.3) is 0 Å². The third-order valence-corrected chi connectivity index (χ3v) is 6.54. The van der Waals surface area contributed by atoms with Crippen molar-refractivity contribution in [3.05, 3.63) is 29.8 Å². The Balaban J connectivity index is 1.47. The molecule has 3 atom stereocenters. The van der Waals surface area contributed by atoms with Crippen LogP contribution in [-0.4, -0.2) is 52.7 Å². The molecule has 1 saturated heterocycles. The van der Waals surface area contributed by atoms with Crippen LogP contribution in [0.15, 0.2) is 29.3 Å². The number of carbonyl (C=O) groups is 2. The number of hydrogen-bond acceptors (Lipinski definition) is 3. The van der Waals surface area contributed by atoms with Crippen LogP contribution in [0.2, 0.25) is 0 Å². The van der Waals surface area contributed by atoms with E-state index in [1.165, 1.54) is 5.56 Å². The van der Waals surface area contributed by atoms with Crippen molar-refractivity contribution in [3.8, 4) is 0 Å². The van der Waals surface area contributed by atoms with Crippen molar-refractivity contribution in [3.63, 3.8) is 0 Å². The number of fused-ring (bicyclic) bond motifs is 2. The number of carbonyl (C=O) groups excluding carboxylic acids is 2. The summed E-state index contributed by atoms with van der Waals surface area (Å²) in [5.74, 6) is 1.44. The summed E-state index contributed by atoms with van der Waals surface area (Å²) in [5, 5.41) is 3.00. The van der Waals surface area contributed by atoms with Crippen LogP contribution in [-0.2, 0) is 11.2 Å². The minimum absolute atomic E-state index is 0.0812. The second-order valence-electron chi connectivity index (χ2n) is 7.92. The van der Waals surface area contributed by atoms with E-state index in [1.807, 2.05) is 43.0 Å². The summed E-state index contributed by atoms with van der Waals surface area (Å²) >= 11 is 0. The zero-order valence-electron chi connectivity index (χ0n) is 16.4. The first-order chi connectivity index (χ1) is 13.0. The maximum atomic E-state index is 13.0. The second kappa shape index (κ2) is 6.66. The molecule has 4 rings (SSSR count). The summed E-state index contributed by atoms with van der Waals surface area (Å²) in [6, 6.07) is 7.89. The molecule has 3 aliphatic rings. The molecule has 1 N–H and O–H groups in total. The van der Waals surface area contributed by atoms with E-state index in [4.69, 9.17) is 4.99 Å². The van der Waals surface area contributed by atoms with E-state index < -0.39 is 5.54 Å². The number of hydrogen-bond donors (Lipinski definition) is 1. The Bertz CT molecular complexity index is 788. The van der Waals surface area contributed by atoms with Crippen molar-refractivity contribution in [1.82, 2.24) is 9.80 Å². The van der Waals surface area contributed by atoms with E-state index >= 15 is 0 Å². The highest BCUT2D eigenvalue weighted by Gasteiger charge is 2.60. The van der Waals surface area contributed by atoms with E-state index in [0.29, 0.717) is 25.6 Å². The lowest BCUT2D eigenvalue weighted by Crippen LogP contribution is -2.47. The molecule has 3 amide bonds. The fourth-order valence-electron chi connectivity index (χ4n) is 5.04. The summed E-state index contributed by atoms with van der Waals surface area (Å²) < 4.78 is 0. The number of nitrogens with one attached hydrogen (secondary N) is 1. The summed E-state index contributed by atoms with van der Waals surface area (Å²) in [5.41, 5.74) is 1.42. The van der Waals surface area contributed by atoms with Gasteiger partial charge in [0.05, 0.1) is 0 Å². The number of likely N-dealkylation sites (N-methyl/N-ethyl adjacent to an activating group) is 1. The number of aryl methyl sites for hydroxylation is 1. The molecular weight excluding hydrogens is 340 g/mol. The Morgan fingerprint density at radius 3 is 2.63 bits per heavy atom. The fraction of sp³-hybridized carbons (Fsp3) is 0.571. The molecule has 2 fully saturated rings. The Kier molecular flexibility index (Phi) is 4.44. The molecule has 1 spiro atoms. The van der Waals surface area contributed by atoms with Crippen molar-refractivity contribution in [2.45, 2.75) is 45.6 Å². The smallest absolute Gasteiger partial charge is 0.321 e. The largest absolute Gasteiger partial charge is 0.324 e. The standard InChI is InChI=1S/C21H28N4O2/c1-4-15-6-8-17(9-7-15)22-20(27)24-12-16-10-11-21(18(16)13-24)19(26)25(5-2)14(3)23-21/h6-9,16,18H,4-5,10-13H2,1-3H3,(H,22,27)/t16-,18+,21-/m1/s1. The lowest BCUT2D eigenvalue weighted by Gasteiger charge is -2.27. The second-order valence-corrected chi connectivity index (χ2v) is 7.92. The first kappa shape index (κ1) is 18.0. The predicted octanol–water partition coefficient (Wildman–Crippen LogP) is 3.14. The lowest BCUT2D eigenvalue weighted by atomic mass is 9.85. The van der Waals surface area contributed by atoms with Crippen LogP contribution < -0.4 is 5.32 Å². The van der Waals surface area contributed by atoms with Gasteiger partial charge in [0.15, 0.2) is 0 Å². The van der Waals surface area contributed by atoms with E-state index in [2.05, 4.69) is 12.2 Å². The summed E-state index contributed by atoms with van der Waals surface area (Å²) in [7, 11) is 0. The van der Waals surface area contributed by atoms with Crippen LogP contribution in [0.5, 0.6) is 0 Å². The van der Waals surface area contributed by atoms with Gasteiger partial charge in [-0.25, -0.2) is 4.79 Å². The van der Waals surface area contributed by atoms with Gasteiger partial charge in [0, 0.05) is 31.2 Å². The Morgan fingerprint density at radius 2 is 2.00 bits per heavy atom. The minimum Gasteiger partial charge on any atom is -0.324 e. The lowest BCUT2D eigenvalue weighted by molar-refractivity contribution is -0.132. The number of benzene rings is 1. The summed E-state index contributed by atoms with van der Waals surface area (Å²) in [6.07, 6.45) is 2.75. The zero-order valence-corrected chi connectivity index (χ0v) is 16.4. The Labute approximate surface area is 160 Å². The Morgan fingerprint density at radius 1 is 1.26 bits per heavy atom. The van der Waals surface area contributed by atoms with Crippen molar-refractivity contribution in [2.24, 2.45) is 16.8 Å². The molecule has 1 saturated carbocycles. The number of amides is 3. The molecule has 0 aromatic heterocycles. The zero-order chi connectivity index (χ0) is 19.2. The number of urea groups is 1. The number of nitrogens with zero attached hydrogens (tertiary/aromatic N) is 3. The topological polar surface area (TPSA) is 65.0 Å². The number of anilines is 1. The van der Waals surface area contributed by atoms with Gasteiger partial charge in [0.1, 0.15) is 11.4 Å². The van der Waals surface area contributed by atoms with E-state index in [-0.39, 0.29) is 17.9 Å². The number of amidine groups is 1. The Hall–Kier alpha value is -2.37. The molecule has 6 nitrogen and oxygen atoms in total. The molecule has 144 valence electrons. The SMILES string of the molecule is CCc1ccc(NC(=O)N2C[C@H]3CC[C@@]4(N=C(C)N(CC)C4=O)[C@H]3C2)cc1. The molecular formula is C21H28N4O2. The van der Waals surface area contributed by atoms with E-state index in [0.717, 1.165) is 30.8 Å². The van der Waals surface area contributed by atoms with Gasteiger partial charge in [-0.15, -0.1) is 0 Å². The molecule has 6 heteroatoms. The van der Waals surface area contributed by atoms with Gasteiger partial charge in [-0.3, -0.25) is 14.7 Å². The highest BCUT2D eigenvalue weighted by molar-refractivity contribution is 6.07. The van der Waals surface area contributed by atoms with Crippen LogP contribution in [0.3, 0.4) is 0 Å². The summed E-state index contributed by atoms with van der Waals surface area (Å²) in [6.45, 7) is 7.98. The van der Waals surface area contributed by atoms with Gasteiger partial charge >= 0.3 is 6.03 Å². The van der Waals surface area contributed by atoms with Crippen molar-refractivity contribution in [1.29, 1.82) is 0 Å². The van der Waals surface area contributed by atoms with E-state index in [9.17, 15) is 9.59 Å². The van der Waals surface area contributed by atoms with Crippen molar-refractivity contribution in [2.75, 3.05) is 25.0 Å². The van der Waals surface area contributed by atoms with Crippen molar-refractivity contribution < 1.29 is 9.59 Å². The quantitative estimate of drug-likeness (QED) is 0.891. The van der Waals surface area contributed by atoms with Crippen LogP contribution in [0.1, 0.15) is 39.2 Å². The normalized spacial score (nSPS) is 29.4. The average Bonchev–Trinajstić information content (AvgIpc) is 3.30. The molecule has 2 heterocycles. The average molecular weight is 368 g/mol. The first-order valence-electron chi connectivity index (χ1n) is 10.0. The monoisotopic (exact) mass is 368 g/mol. The third kappa shape index (κ3) is 2.82. The molecule has 1 aliphatic carbocycles. The van der Waals surface area contributed by atoms with Crippen LogP contribution in [0.4, 0.5) is 10.5 Å². The fourth-order valence-corrected chi connectivity index (χ4v) is 5.04. The van der Waals surface area contributed by atoms with Gasteiger partial charge in [0.2, 0.25) is 0 Å². The van der Waals surface area contributed by atoms with Gasteiger partial charge in [-0.05, 0) is 56.7 Å². The number of rotatable bonds is 3. The molecule has 1 aromatic carbocycles. The van der Waals surface area contributed by atoms with Gasteiger partial charge in [-0.1, -0.05) is 19.1 Å². The predicted molar refractivity (Wildman–Crippen MR) is 106 cm³/mol. The third-order valence-electron chi connectivity index (χ3n) is 6.54. The molecule has 0 bridgehead atoms. The van der Waals surface area contributed by atoms with Gasteiger partial charge in [-0.2, -0.15) is 0 Å². The molecule has 1 aromatic rings. The van der Waals surface area contributed by atoms with Gasteiger partial charge < -0.3 is 10.2 Å². The minimum atomic E-state index is -0.636.